The fourth-order valence-corrected chi connectivity index (χ4v) is 2.51. The number of carbonyl (C=O) groups excluding carboxylic acids is 1. The highest BCUT2D eigenvalue weighted by Crippen LogP contribution is 2.16. The van der Waals surface area contributed by atoms with E-state index in [9.17, 15) is 4.79 Å². The van der Waals surface area contributed by atoms with Crippen LogP contribution in [-0.2, 0) is 0 Å². The zero-order valence-corrected chi connectivity index (χ0v) is 12.0. The highest BCUT2D eigenvalue weighted by atomic mass is 16.1. The zero-order valence-electron chi connectivity index (χ0n) is 12.0. The number of nitrogens with zero attached hydrogens (tertiary/aromatic N) is 1. The van der Waals surface area contributed by atoms with Crippen molar-refractivity contribution in [3.05, 3.63) is 29.3 Å². The van der Waals surface area contributed by atoms with Crippen molar-refractivity contribution in [2.75, 3.05) is 32.5 Å². The van der Waals surface area contributed by atoms with Gasteiger partial charge in [0.15, 0.2) is 0 Å². The minimum Gasteiger partial charge on any atom is -0.388 e. The lowest BCUT2D eigenvalue weighted by Crippen LogP contribution is -2.43. The van der Waals surface area contributed by atoms with Crippen LogP contribution in [0.4, 0.5) is 5.69 Å². The fourth-order valence-electron chi connectivity index (χ4n) is 2.51. The molecule has 1 aromatic rings. The number of carbonyl (C=O) groups is 1. The third kappa shape index (κ3) is 3.47. The van der Waals surface area contributed by atoms with E-state index in [1.165, 1.54) is 0 Å². The lowest BCUT2D eigenvalue weighted by atomic mass is 10.0. The Hall–Kier alpha value is -1.55. The van der Waals surface area contributed by atoms with E-state index >= 15 is 0 Å². The summed E-state index contributed by atoms with van der Waals surface area (Å²) in [7, 11) is 4.01. The Balaban J connectivity index is 1.98. The van der Waals surface area contributed by atoms with Gasteiger partial charge in [0.1, 0.15) is 0 Å². The lowest BCUT2D eigenvalue weighted by Gasteiger charge is -2.29. The first-order valence-corrected chi connectivity index (χ1v) is 6.88. The maximum atomic E-state index is 12.2. The van der Waals surface area contributed by atoms with Crippen LogP contribution in [0.15, 0.2) is 18.2 Å². The maximum absolute atomic E-state index is 12.2. The van der Waals surface area contributed by atoms with Gasteiger partial charge in [-0.2, -0.15) is 0 Å². The zero-order chi connectivity index (χ0) is 13.8. The molecule has 0 aliphatic carbocycles. The molecule has 1 saturated heterocycles. The summed E-state index contributed by atoms with van der Waals surface area (Å²) < 4.78 is 0. The molecule has 0 unspecified atom stereocenters. The third-order valence-electron chi connectivity index (χ3n) is 3.81. The SMILES string of the molecule is CNc1ccc(C(=O)NC2CCN(C)CC2)cc1C. The number of nitrogens with one attached hydrogen (secondary N) is 2. The molecule has 4 heteroatoms. The number of benzene rings is 1. The number of hydrogen-bond acceptors (Lipinski definition) is 3. The number of amides is 1. The molecule has 1 fully saturated rings. The number of hydrogen-bond donors (Lipinski definition) is 2. The van der Waals surface area contributed by atoms with Gasteiger partial charge in [-0.3, -0.25) is 4.79 Å². The van der Waals surface area contributed by atoms with Crippen molar-refractivity contribution in [2.24, 2.45) is 0 Å². The Morgan fingerprint density at radius 3 is 2.58 bits per heavy atom. The molecule has 0 atom stereocenters. The van der Waals surface area contributed by atoms with Gasteiger partial charge in [-0.1, -0.05) is 0 Å². The first-order chi connectivity index (χ1) is 9.10. The predicted octanol–water partition coefficient (Wildman–Crippen LogP) is 1.86. The molecule has 1 aromatic carbocycles. The van der Waals surface area contributed by atoms with Gasteiger partial charge in [-0.15, -0.1) is 0 Å². The summed E-state index contributed by atoms with van der Waals surface area (Å²) in [6.45, 7) is 4.13. The molecule has 0 aromatic heterocycles. The van der Waals surface area contributed by atoms with Crippen molar-refractivity contribution >= 4 is 11.6 Å². The molecule has 1 heterocycles. The van der Waals surface area contributed by atoms with Gasteiger partial charge < -0.3 is 15.5 Å². The molecular formula is C15H23N3O. The van der Waals surface area contributed by atoms with Gasteiger partial charge in [0, 0.05) is 24.3 Å². The van der Waals surface area contributed by atoms with Crippen molar-refractivity contribution in [1.82, 2.24) is 10.2 Å². The van der Waals surface area contributed by atoms with E-state index in [0.717, 1.165) is 42.7 Å². The highest BCUT2D eigenvalue weighted by Gasteiger charge is 2.19. The molecule has 1 aliphatic heterocycles. The van der Waals surface area contributed by atoms with Crippen molar-refractivity contribution in [3.8, 4) is 0 Å². The Morgan fingerprint density at radius 2 is 2.00 bits per heavy atom. The molecule has 2 N–H and O–H groups in total. The lowest BCUT2D eigenvalue weighted by molar-refractivity contribution is 0.0917. The number of rotatable bonds is 3. The van der Waals surface area contributed by atoms with E-state index in [-0.39, 0.29) is 5.91 Å². The van der Waals surface area contributed by atoms with E-state index in [1.807, 2.05) is 32.2 Å². The van der Waals surface area contributed by atoms with Crippen molar-refractivity contribution in [1.29, 1.82) is 0 Å². The second kappa shape index (κ2) is 6.06. The summed E-state index contributed by atoms with van der Waals surface area (Å²) >= 11 is 0. The number of piperidine rings is 1. The molecular weight excluding hydrogens is 238 g/mol. The van der Waals surface area contributed by atoms with Gasteiger partial charge in [-0.05, 0) is 63.7 Å². The van der Waals surface area contributed by atoms with E-state index in [1.54, 1.807) is 0 Å². The molecule has 1 amide bonds. The van der Waals surface area contributed by atoms with E-state index in [4.69, 9.17) is 0 Å². The molecule has 1 aliphatic rings. The smallest absolute Gasteiger partial charge is 0.251 e. The Kier molecular flexibility index (Phi) is 4.43. The predicted molar refractivity (Wildman–Crippen MR) is 78.7 cm³/mol. The van der Waals surface area contributed by atoms with Gasteiger partial charge in [0.2, 0.25) is 0 Å². The number of anilines is 1. The molecule has 0 spiro atoms. The summed E-state index contributed by atoms with van der Waals surface area (Å²) in [4.78, 5) is 14.5. The van der Waals surface area contributed by atoms with Crippen LogP contribution in [0.1, 0.15) is 28.8 Å². The number of aryl methyl sites for hydroxylation is 1. The van der Waals surface area contributed by atoms with Crippen LogP contribution in [0.2, 0.25) is 0 Å². The van der Waals surface area contributed by atoms with Gasteiger partial charge in [-0.25, -0.2) is 0 Å². The standard InChI is InChI=1S/C15H23N3O/c1-11-10-12(4-5-14(11)16-2)15(19)17-13-6-8-18(3)9-7-13/h4-5,10,13,16H,6-9H2,1-3H3,(H,17,19). The summed E-state index contributed by atoms with van der Waals surface area (Å²) in [6.07, 6.45) is 2.08. The monoisotopic (exact) mass is 261 g/mol. The van der Waals surface area contributed by atoms with Crippen molar-refractivity contribution < 1.29 is 4.79 Å². The van der Waals surface area contributed by atoms with E-state index in [0.29, 0.717) is 6.04 Å². The Labute approximate surface area is 115 Å². The molecule has 104 valence electrons. The van der Waals surface area contributed by atoms with Crippen LogP contribution in [0.5, 0.6) is 0 Å². The average Bonchev–Trinajstić information content (AvgIpc) is 2.41. The van der Waals surface area contributed by atoms with E-state index in [2.05, 4.69) is 22.6 Å². The van der Waals surface area contributed by atoms with Crippen LogP contribution in [0.25, 0.3) is 0 Å². The van der Waals surface area contributed by atoms with Crippen LogP contribution in [0.3, 0.4) is 0 Å². The average molecular weight is 261 g/mol. The molecule has 4 nitrogen and oxygen atoms in total. The van der Waals surface area contributed by atoms with Crippen LogP contribution < -0.4 is 10.6 Å². The van der Waals surface area contributed by atoms with E-state index < -0.39 is 0 Å². The second-order valence-corrected chi connectivity index (χ2v) is 5.33. The maximum Gasteiger partial charge on any atom is 0.251 e. The molecule has 0 radical (unpaired) electrons. The summed E-state index contributed by atoms with van der Waals surface area (Å²) in [5.41, 5.74) is 2.91. The normalized spacial score (nSPS) is 17.2. The topological polar surface area (TPSA) is 44.4 Å². The Morgan fingerprint density at radius 1 is 1.32 bits per heavy atom. The van der Waals surface area contributed by atoms with Gasteiger partial charge in [0.05, 0.1) is 0 Å². The molecule has 0 saturated carbocycles. The van der Waals surface area contributed by atoms with Crippen molar-refractivity contribution in [2.45, 2.75) is 25.8 Å². The minimum absolute atomic E-state index is 0.0420. The molecule has 0 bridgehead atoms. The second-order valence-electron chi connectivity index (χ2n) is 5.33. The quantitative estimate of drug-likeness (QED) is 0.873. The van der Waals surface area contributed by atoms with Crippen LogP contribution in [-0.4, -0.2) is 44.0 Å². The first kappa shape index (κ1) is 13.9. The molecule has 2 rings (SSSR count). The third-order valence-corrected chi connectivity index (χ3v) is 3.81. The number of likely N-dealkylation sites (tertiary alicyclic amines) is 1. The molecule has 19 heavy (non-hydrogen) atoms. The largest absolute Gasteiger partial charge is 0.388 e. The Bertz CT molecular complexity index is 451. The summed E-state index contributed by atoms with van der Waals surface area (Å²) in [6, 6.07) is 6.09. The van der Waals surface area contributed by atoms with Crippen LogP contribution in [0, 0.1) is 6.92 Å². The van der Waals surface area contributed by atoms with Gasteiger partial charge >= 0.3 is 0 Å². The summed E-state index contributed by atoms with van der Waals surface area (Å²) in [5.74, 6) is 0.0420. The summed E-state index contributed by atoms with van der Waals surface area (Å²) in [5, 5.41) is 6.24. The fraction of sp³-hybridized carbons (Fsp3) is 0.533. The minimum atomic E-state index is 0.0420. The van der Waals surface area contributed by atoms with Crippen molar-refractivity contribution in [3.63, 3.8) is 0 Å². The first-order valence-electron chi connectivity index (χ1n) is 6.88. The highest BCUT2D eigenvalue weighted by molar-refractivity contribution is 5.95. The van der Waals surface area contributed by atoms with Crippen LogP contribution >= 0.6 is 0 Å². The van der Waals surface area contributed by atoms with Gasteiger partial charge in [0.25, 0.3) is 5.91 Å².